The van der Waals surface area contributed by atoms with E-state index in [1.54, 1.807) is 11.3 Å². The molecule has 0 fully saturated rings. The van der Waals surface area contributed by atoms with Crippen LogP contribution in [0.2, 0.25) is 0 Å². The van der Waals surface area contributed by atoms with E-state index in [0.29, 0.717) is 5.56 Å². The van der Waals surface area contributed by atoms with Crippen molar-refractivity contribution in [1.29, 1.82) is 0 Å². The first-order valence-electron chi connectivity index (χ1n) is 8.61. The molecule has 0 aliphatic heterocycles. The summed E-state index contributed by atoms with van der Waals surface area (Å²) in [5.74, 6) is -0.273. The van der Waals surface area contributed by atoms with Crippen molar-refractivity contribution < 1.29 is 13.2 Å². The van der Waals surface area contributed by atoms with Crippen molar-refractivity contribution >= 4 is 27.3 Å². The van der Waals surface area contributed by atoms with Crippen molar-refractivity contribution in [3.05, 3.63) is 101 Å². The average molecular weight is 413 g/mol. The van der Waals surface area contributed by atoms with Crippen LogP contribution in [-0.2, 0) is 10.0 Å². The number of amides is 1. The number of carbonyl (C=O) groups excluding carboxylic acids is 1. The molecule has 0 spiro atoms. The fourth-order valence-electron chi connectivity index (χ4n) is 2.67. The standard InChI is InChI=1S/C21H20N2O3S2/c1-2-14-22-28(25,26)18-12-10-17(11-13-18)21(24)23-20(19-9-6-15-27-19)16-7-4-3-5-8-16/h2-13,15,20,22H,1,14H2,(H,23,24). The first-order valence-corrected chi connectivity index (χ1v) is 11.0. The summed E-state index contributed by atoms with van der Waals surface area (Å²) in [4.78, 5) is 13.9. The van der Waals surface area contributed by atoms with Crippen molar-refractivity contribution in [2.45, 2.75) is 10.9 Å². The van der Waals surface area contributed by atoms with Crippen LogP contribution in [0.5, 0.6) is 0 Å². The predicted octanol–water partition coefficient (Wildman–Crippen LogP) is 3.73. The van der Waals surface area contributed by atoms with Crippen molar-refractivity contribution in [2.75, 3.05) is 6.54 Å². The topological polar surface area (TPSA) is 75.3 Å². The maximum Gasteiger partial charge on any atom is 0.252 e. The van der Waals surface area contributed by atoms with Crippen LogP contribution in [0.4, 0.5) is 0 Å². The Kier molecular flexibility index (Phi) is 6.41. The van der Waals surface area contributed by atoms with Crippen LogP contribution in [-0.4, -0.2) is 20.9 Å². The van der Waals surface area contributed by atoms with Gasteiger partial charge in [-0.15, -0.1) is 17.9 Å². The van der Waals surface area contributed by atoms with E-state index in [4.69, 9.17) is 0 Å². The molecule has 0 bridgehead atoms. The molecule has 0 aliphatic carbocycles. The second-order valence-electron chi connectivity index (χ2n) is 6.00. The first-order chi connectivity index (χ1) is 13.5. The number of rotatable bonds is 8. The molecular weight excluding hydrogens is 392 g/mol. The van der Waals surface area contributed by atoms with Gasteiger partial charge < -0.3 is 5.32 Å². The molecule has 1 aromatic heterocycles. The van der Waals surface area contributed by atoms with Crippen LogP contribution in [0.1, 0.15) is 26.8 Å². The number of hydrogen-bond donors (Lipinski definition) is 2. The van der Waals surface area contributed by atoms with Crippen LogP contribution >= 0.6 is 11.3 Å². The van der Waals surface area contributed by atoms with Gasteiger partial charge in [-0.3, -0.25) is 4.79 Å². The molecule has 2 N–H and O–H groups in total. The molecule has 5 nitrogen and oxygen atoms in total. The molecule has 0 aliphatic rings. The summed E-state index contributed by atoms with van der Waals surface area (Å²) in [7, 11) is -3.62. The van der Waals surface area contributed by atoms with Gasteiger partial charge in [-0.05, 0) is 41.3 Å². The molecule has 2 aromatic carbocycles. The molecule has 28 heavy (non-hydrogen) atoms. The molecule has 0 radical (unpaired) electrons. The fourth-order valence-corrected chi connectivity index (χ4v) is 4.47. The number of benzene rings is 2. The number of sulfonamides is 1. The van der Waals surface area contributed by atoms with E-state index in [0.717, 1.165) is 10.4 Å². The number of thiophene rings is 1. The number of carbonyl (C=O) groups is 1. The lowest BCUT2D eigenvalue weighted by atomic mass is 10.0. The molecule has 3 rings (SSSR count). The average Bonchev–Trinajstić information content (AvgIpc) is 3.25. The highest BCUT2D eigenvalue weighted by Gasteiger charge is 2.19. The lowest BCUT2D eigenvalue weighted by Gasteiger charge is -2.18. The predicted molar refractivity (Wildman–Crippen MR) is 112 cm³/mol. The highest BCUT2D eigenvalue weighted by atomic mass is 32.2. The number of nitrogens with one attached hydrogen (secondary N) is 2. The van der Waals surface area contributed by atoms with E-state index in [2.05, 4.69) is 16.6 Å². The molecule has 1 unspecified atom stereocenters. The van der Waals surface area contributed by atoms with Crippen LogP contribution in [0.25, 0.3) is 0 Å². The Morgan fingerprint density at radius 3 is 2.36 bits per heavy atom. The normalized spacial score (nSPS) is 12.3. The third kappa shape index (κ3) is 4.75. The van der Waals surface area contributed by atoms with E-state index < -0.39 is 10.0 Å². The Labute approximate surface area is 168 Å². The Hall–Kier alpha value is -2.74. The van der Waals surface area contributed by atoms with E-state index >= 15 is 0 Å². The van der Waals surface area contributed by atoms with Gasteiger partial charge in [-0.25, -0.2) is 13.1 Å². The molecule has 144 valence electrons. The molecule has 0 saturated carbocycles. The zero-order chi connectivity index (χ0) is 20.0. The minimum Gasteiger partial charge on any atom is -0.340 e. The van der Waals surface area contributed by atoms with Crippen molar-refractivity contribution in [3.63, 3.8) is 0 Å². The zero-order valence-corrected chi connectivity index (χ0v) is 16.7. The highest BCUT2D eigenvalue weighted by Crippen LogP contribution is 2.26. The lowest BCUT2D eigenvalue weighted by Crippen LogP contribution is -2.29. The number of hydrogen-bond acceptors (Lipinski definition) is 4. The van der Waals surface area contributed by atoms with Gasteiger partial charge in [-0.1, -0.05) is 42.5 Å². The van der Waals surface area contributed by atoms with Crippen molar-refractivity contribution in [2.24, 2.45) is 0 Å². The summed E-state index contributed by atoms with van der Waals surface area (Å²) < 4.78 is 26.7. The SMILES string of the molecule is C=CCNS(=O)(=O)c1ccc(C(=O)NC(c2ccccc2)c2cccs2)cc1. The van der Waals surface area contributed by atoms with Crippen LogP contribution in [0.3, 0.4) is 0 Å². The third-order valence-corrected chi connectivity index (χ3v) is 6.46. The van der Waals surface area contributed by atoms with Gasteiger partial charge in [0.05, 0.1) is 10.9 Å². The summed E-state index contributed by atoms with van der Waals surface area (Å²) >= 11 is 1.57. The molecule has 1 atom stereocenters. The molecule has 3 aromatic rings. The Morgan fingerprint density at radius 2 is 1.75 bits per heavy atom. The van der Waals surface area contributed by atoms with Gasteiger partial charge in [0.1, 0.15) is 0 Å². The Bertz CT molecular complexity index is 1030. The van der Waals surface area contributed by atoms with Crippen molar-refractivity contribution in [3.8, 4) is 0 Å². The van der Waals surface area contributed by atoms with Gasteiger partial charge in [0.15, 0.2) is 0 Å². The summed E-state index contributed by atoms with van der Waals surface area (Å²) in [6, 6.07) is 19.2. The van der Waals surface area contributed by atoms with E-state index in [1.165, 1.54) is 30.3 Å². The minimum absolute atomic E-state index is 0.101. The Balaban J connectivity index is 1.80. The van der Waals surface area contributed by atoms with Gasteiger partial charge in [0, 0.05) is 17.0 Å². The van der Waals surface area contributed by atoms with Crippen LogP contribution in [0.15, 0.2) is 89.7 Å². The molecule has 1 heterocycles. The summed E-state index contributed by atoms with van der Waals surface area (Å²) in [6.07, 6.45) is 1.47. The third-order valence-electron chi connectivity index (χ3n) is 4.08. The minimum atomic E-state index is -3.62. The smallest absolute Gasteiger partial charge is 0.252 e. The Morgan fingerprint density at radius 1 is 1.04 bits per heavy atom. The largest absolute Gasteiger partial charge is 0.340 e. The second kappa shape index (κ2) is 8.97. The van der Waals surface area contributed by atoms with Gasteiger partial charge in [0.2, 0.25) is 10.0 Å². The maximum atomic E-state index is 12.8. The van der Waals surface area contributed by atoms with Gasteiger partial charge in [0.25, 0.3) is 5.91 Å². The molecule has 0 saturated heterocycles. The lowest BCUT2D eigenvalue weighted by molar-refractivity contribution is 0.0943. The zero-order valence-electron chi connectivity index (χ0n) is 15.0. The second-order valence-corrected chi connectivity index (χ2v) is 8.74. The molecular formula is C21H20N2O3S2. The molecule has 7 heteroatoms. The van der Waals surface area contributed by atoms with Gasteiger partial charge in [-0.2, -0.15) is 0 Å². The van der Waals surface area contributed by atoms with E-state index in [1.807, 2.05) is 47.8 Å². The maximum absolute atomic E-state index is 12.8. The molecule has 1 amide bonds. The van der Waals surface area contributed by atoms with Crippen LogP contribution in [0, 0.1) is 0 Å². The summed E-state index contributed by atoms with van der Waals surface area (Å²) in [6.45, 7) is 3.63. The monoisotopic (exact) mass is 412 g/mol. The van der Waals surface area contributed by atoms with Crippen LogP contribution < -0.4 is 10.0 Å². The first kappa shape index (κ1) is 20.0. The highest BCUT2D eigenvalue weighted by molar-refractivity contribution is 7.89. The van der Waals surface area contributed by atoms with Gasteiger partial charge >= 0.3 is 0 Å². The van der Waals surface area contributed by atoms with E-state index in [-0.39, 0.29) is 23.4 Å². The quantitative estimate of drug-likeness (QED) is 0.554. The van der Waals surface area contributed by atoms with Crippen molar-refractivity contribution in [1.82, 2.24) is 10.0 Å². The fraction of sp³-hybridized carbons (Fsp3) is 0.0952. The summed E-state index contributed by atoms with van der Waals surface area (Å²) in [5, 5.41) is 5.00. The summed E-state index contributed by atoms with van der Waals surface area (Å²) in [5.41, 5.74) is 1.37. The van der Waals surface area contributed by atoms with E-state index in [9.17, 15) is 13.2 Å².